The van der Waals surface area contributed by atoms with E-state index in [-0.39, 0.29) is 6.42 Å². The molecule has 26 heavy (non-hydrogen) atoms. The Morgan fingerprint density at radius 2 is 1.19 bits per heavy atom. The summed E-state index contributed by atoms with van der Waals surface area (Å²) in [6, 6.07) is 0. The number of allylic oxidation sites excluding steroid dienone is 10. The molecule has 0 aliphatic rings. The number of rotatable bonds is 17. The van der Waals surface area contributed by atoms with E-state index in [1.165, 1.54) is 32.1 Å². The van der Waals surface area contributed by atoms with Gasteiger partial charge in [0.05, 0.1) is 0 Å². The van der Waals surface area contributed by atoms with Crippen molar-refractivity contribution in [2.24, 2.45) is 0 Å². The van der Waals surface area contributed by atoms with E-state index in [0.717, 1.165) is 38.5 Å². The summed E-state index contributed by atoms with van der Waals surface area (Å²) in [5.74, 6) is -0.702. The second-order valence-corrected chi connectivity index (χ2v) is 6.46. The summed E-state index contributed by atoms with van der Waals surface area (Å²) in [7, 11) is 0. The Morgan fingerprint density at radius 3 is 1.77 bits per heavy atom. The third-order valence-electron chi connectivity index (χ3n) is 3.95. The van der Waals surface area contributed by atoms with E-state index in [4.69, 9.17) is 5.11 Å². The fourth-order valence-electron chi connectivity index (χ4n) is 2.45. The zero-order valence-corrected chi connectivity index (χ0v) is 16.6. The molecule has 2 nitrogen and oxygen atoms in total. The molecule has 0 saturated heterocycles. The third kappa shape index (κ3) is 22.2. The topological polar surface area (TPSA) is 37.3 Å². The maximum atomic E-state index is 10.4. The predicted octanol–water partition coefficient (Wildman–Crippen LogP) is 7.55. The van der Waals surface area contributed by atoms with Gasteiger partial charge in [-0.2, -0.15) is 0 Å². The Labute approximate surface area is 161 Å². The largest absolute Gasteiger partial charge is 0.481 e. The van der Waals surface area contributed by atoms with Gasteiger partial charge in [-0.1, -0.05) is 80.5 Å². The number of hydrogen-bond donors (Lipinski definition) is 1. The van der Waals surface area contributed by atoms with Crippen LogP contribution in [0.1, 0.15) is 84.0 Å². The first-order valence-corrected chi connectivity index (χ1v) is 10.3. The SMILES string of the molecule is CC/C=C/C/C=C/CCCCCC/C=C/C=C/C=C/CCCCC(=O)O. The van der Waals surface area contributed by atoms with E-state index in [1.54, 1.807) is 0 Å². The summed E-state index contributed by atoms with van der Waals surface area (Å²) in [6.45, 7) is 2.17. The molecule has 0 saturated carbocycles. The van der Waals surface area contributed by atoms with Gasteiger partial charge >= 0.3 is 5.97 Å². The molecule has 1 N–H and O–H groups in total. The molecule has 0 spiro atoms. The molecule has 0 fully saturated rings. The van der Waals surface area contributed by atoms with E-state index in [1.807, 2.05) is 12.2 Å². The highest BCUT2D eigenvalue weighted by molar-refractivity contribution is 5.66. The monoisotopic (exact) mass is 358 g/mol. The third-order valence-corrected chi connectivity index (χ3v) is 3.95. The van der Waals surface area contributed by atoms with Crippen LogP contribution in [0.4, 0.5) is 0 Å². The summed E-state index contributed by atoms with van der Waals surface area (Å²) in [5.41, 5.74) is 0. The quantitative estimate of drug-likeness (QED) is 0.165. The van der Waals surface area contributed by atoms with Crippen molar-refractivity contribution in [3.63, 3.8) is 0 Å². The summed E-state index contributed by atoms with van der Waals surface area (Å²) in [4.78, 5) is 10.4. The highest BCUT2D eigenvalue weighted by atomic mass is 16.4. The zero-order valence-electron chi connectivity index (χ0n) is 16.6. The fourth-order valence-corrected chi connectivity index (χ4v) is 2.45. The van der Waals surface area contributed by atoms with Crippen LogP contribution in [0.2, 0.25) is 0 Å². The standard InChI is InChI=1S/C24H38O2/c1-2-3-4-5-6-7-8-9-10-11-12-13-14-15-16-17-18-19-20-21-22-23-24(25)26/h3-4,6-7,14-19H,2,5,8-13,20-23H2,1H3,(H,25,26)/b4-3+,7-6+,15-14+,17-16+,19-18+. The number of carboxylic acids is 1. The van der Waals surface area contributed by atoms with E-state index in [2.05, 4.69) is 55.5 Å². The van der Waals surface area contributed by atoms with Gasteiger partial charge in [0.15, 0.2) is 0 Å². The first-order chi connectivity index (χ1) is 12.8. The highest BCUT2D eigenvalue weighted by Gasteiger charge is 1.93. The Hall–Kier alpha value is -1.83. The first kappa shape index (κ1) is 24.2. The molecule has 0 atom stereocenters. The molecule has 0 rings (SSSR count). The number of carbonyl (C=O) groups is 1. The fraction of sp³-hybridized carbons (Fsp3) is 0.542. The second kappa shape index (κ2) is 21.2. The highest BCUT2D eigenvalue weighted by Crippen LogP contribution is 2.07. The number of carboxylic acid groups (broad SMARTS) is 1. The van der Waals surface area contributed by atoms with Crippen LogP contribution in [0.3, 0.4) is 0 Å². The average molecular weight is 359 g/mol. The maximum Gasteiger partial charge on any atom is 0.303 e. The van der Waals surface area contributed by atoms with Gasteiger partial charge in [0, 0.05) is 6.42 Å². The molecule has 0 unspecified atom stereocenters. The van der Waals surface area contributed by atoms with Crippen molar-refractivity contribution >= 4 is 5.97 Å². The van der Waals surface area contributed by atoms with Crippen LogP contribution in [-0.2, 0) is 4.79 Å². The second-order valence-electron chi connectivity index (χ2n) is 6.46. The lowest BCUT2D eigenvalue weighted by Gasteiger charge is -1.96. The van der Waals surface area contributed by atoms with Crippen LogP contribution in [0, 0.1) is 0 Å². The van der Waals surface area contributed by atoms with Gasteiger partial charge in [0.25, 0.3) is 0 Å². The minimum Gasteiger partial charge on any atom is -0.481 e. The molecule has 0 aliphatic heterocycles. The summed E-state index contributed by atoms with van der Waals surface area (Å²) in [5, 5.41) is 8.53. The van der Waals surface area contributed by atoms with Gasteiger partial charge in [0.1, 0.15) is 0 Å². The smallest absolute Gasteiger partial charge is 0.303 e. The first-order valence-electron chi connectivity index (χ1n) is 10.3. The van der Waals surface area contributed by atoms with Crippen LogP contribution in [0.5, 0.6) is 0 Å². The molecule has 146 valence electrons. The lowest BCUT2D eigenvalue weighted by molar-refractivity contribution is -0.137. The van der Waals surface area contributed by atoms with Crippen LogP contribution >= 0.6 is 0 Å². The van der Waals surface area contributed by atoms with E-state index < -0.39 is 5.97 Å². The van der Waals surface area contributed by atoms with Crippen LogP contribution in [-0.4, -0.2) is 11.1 Å². The Kier molecular flexibility index (Phi) is 19.7. The molecular weight excluding hydrogens is 320 g/mol. The molecule has 0 aromatic heterocycles. The predicted molar refractivity (Wildman–Crippen MR) is 114 cm³/mol. The molecule has 0 aliphatic carbocycles. The number of hydrogen-bond acceptors (Lipinski definition) is 1. The maximum absolute atomic E-state index is 10.4. The van der Waals surface area contributed by atoms with Crippen molar-refractivity contribution in [2.45, 2.75) is 84.0 Å². The van der Waals surface area contributed by atoms with Gasteiger partial charge in [-0.05, 0) is 57.8 Å². The van der Waals surface area contributed by atoms with Crippen LogP contribution < -0.4 is 0 Å². The molecular formula is C24H38O2. The molecule has 0 bridgehead atoms. The van der Waals surface area contributed by atoms with Crippen molar-refractivity contribution in [1.82, 2.24) is 0 Å². The summed E-state index contributed by atoms with van der Waals surface area (Å²) >= 11 is 0. The van der Waals surface area contributed by atoms with Crippen molar-refractivity contribution in [1.29, 1.82) is 0 Å². The molecule has 0 aromatic carbocycles. The average Bonchev–Trinajstić information content (AvgIpc) is 2.62. The van der Waals surface area contributed by atoms with Crippen LogP contribution in [0.25, 0.3) is 0 Å². The van der Waals surface area contributed by atoms with Crippen molar-refractivity contribution in [3.05, 3.63) is 60.8 Å². The lowest BCUT2D eigenvalue weighted by atomic mass is 10.1. The van der Waals surface area contributed by atoms with Gasteiger partial charge in [0.2, 0.25) is 0 Å². The normalized spacial score (nSPS) is 12.7. The minimum atomic E-state index is -0.702. The zero-order chi connectivity index (χ0) is 19.1. The van der Waals surface area contributed by atoms with E-state index in [9.17, 15) is 4.79 Å². The molecule has 0 amide bonds. The Balaban J connectivity index is 3.37. The number of unbranched alkanes of at least 4 members (excludes halogenated alkanes) is 7. The summed E-state index contributed by atoms with van der Waals surface area (Å²) < 4.78 is 0. The summed E-state index contributed by atoms with van der Waals surface area (Å²) in [6.07, 6.45) is 34.3. The van der Waals surface area contributed by atoms with Gasteiger partial charge < -0.3 is 5.11 Å². The lowest BCUT2D eigenvalue weighted by Crippen LogP contribution is -1.92. The molecule has 0 aromatic rings. The number of aliphatic carboxylic acids is 1. The van der Waals surface area contributed by atoms with Crippen molar-refractivity contribution in [3.8, 4) is 0 Å². The van der Waals surface area contributed by atoms with E-state index >= 15 is 0 Å². The Morgan fingerprint density at radius 1 is 0.654 bits per heavy atom. The Bertz CT molecular complexity index is 453. The molecule has 0 heterocycles. The molecule has 2 heteroatoms. The van der Waals surface area contributed by atoms with Gasteiger partial charge in [-0.25, -0.2) is 0 Å². The molecule has 0 radical (unpaired) electrons. The van der Waals surface area contributed by atoms with E-state index in [0.29, 0.717) is 0 Å². The van der Waals surface area contributed by atoms with Crippen molar-refractivity contribution < 1.29 is 9.90 Å². The van der Waals surface area contributed by atoms with Gasteiger partial charge in [-0.15, -0.1) is 0 Å². The minimum absolute atomic E-state index is 0.278. The van der Waals surface area contributed by atoms with Crippen LogP contribution in [0.15, 0.2) is 60.8 Å². The van der Waals surface area contributed by atoms with Gasteiger partial charge in [-0.3, -0.25) is 4.79 Å². The van der Waals surface area contributed by atoms with Crippen molar-refractivity contribution in [2.75, 3.05) is 0 Å².